The van der Waals surface area contributed by atoms with Crippen LogP contribution in [0.25, 0.3) is 10.9 Å². The van der Waals surface area contributed by atoms with Crippen molar-refractivity contribution in [2.45, 2.75) is 57.0 Å². The van der Waals surface area contributed by atoms with Crippen LogP contribution in [0.15, 0.2) is 52.2 Å². The maximum Gasteiger partial charge on any atom is 0.252 e. The third kappa shape index (κ3) is 3.91. The second kappa shape index (κ2) is 7.96. The van der Waals surface area contributed by atoms with E-state index in [1.54, 1.807) is 6.07 Å². The minimum absolute atomic E-state index is 0.0113. The molecule has 30 heavy (non-hydrogen) atoms. The molecule has 1 N–H and O–H groups in total. The van der Waals surface area contributed by atoms with Crippen molar-refractivity contribution in [3.63, 3.8) is 0 Å². The summed E-state index contributed by atoms with van der Waals surface area (Å²) in [7, 11) is -3.87. The molecule has 0 amide bonds. The van der Waals surface area contributed by atoms with Crippen LogP contribution < -0.4 is 5.56 Å². The number of pyridine rings is 1. The third-order valence-electron chi connectivity index (χ3n) is 6.01. The Morgan fingerprint density at radius 3 is 2.33 bits per heavy atom. The van der Waals surface area contributed by atoms with Crippen LogP contribution in [0.3, 0.4) is 0 Å². The Morgan fingerprint density at radius 1 is 1.03 bits per heavy atom. The van der Waals surface area contributed by atoms with E-state index < -0.39 is 15.8 Å². The van der Waals surface area contributed by atoms with E-state index in [0.29, 0.717) is 5.56 Å². The smallest absolute Gasteiger partial charge is 0.252 e. The van der Waals surface area contributed by atoms with Gasteiger partial charge < -0.3 is 4.98 Å². The molecule has 7 heteroatoms. The molecule has 2 aromatic carbocycles. The Bertz CT molecular complexity index is 1240. The summed E-state index contributed by atoms with van der Waals surface area (Å²) < 4.78 is 41.6. The second-order valence-electron chi connectivity index (χ2n) is 8.09. The predicted molar refractivity (Wildman–Crippen MR) is 115 cm³/mol. The molecule has 1 saturated carbocycles. The molecule has 1 heterocycles. The van der Waals surface area contributed by atoms with Crippen molar-refractivity contribution in [2.75, 3.05) is 0 Å². The van der Waals surface area contributed by atoms with Crippen LogP contribution >= 0.6 is 0 Å². The van der Waals surface area contributed by atoms with Crippen molar-refractivity contribution in [2.24, 2.45) is 0 Å². The molecule has 1 aliphatic rings. The molecule has 0 aliphatic heterocycles. The SMILES string of the molecule is Cc1cc2cc(CN(C3CCCC3)S(=O)(=O)c3ccc(F)cc3)c(=O)[nH]c2cc1C. The summed E-state index contributed by atoms with van der Waals surface area (Å²) in [6.45, 7) is 3.98. The fraction of sp³-hybridized carbons (Fsp3) is 0.348. The van der Waals surface area contributed by atoms with E-state index in [4.69, 9.17) is 0 Å². The highest BCUT2D eigenvalue weighted by Crippen LogP contribution is 2.30. The number of rotatable bonds is 5. The number of nitrogens with zero attached hydrogens (tertiary/aromatic N) is 1. The number of aromatic nitrogens is 1. The number of aromatic amines is 1. The number of aryl methyl sites for hydroxylation is 2. The predicted octanol–water partition coefficient (Wildman–Crippen LogP) is 4.42. The van der Waals surface area contributed by atoms with Crippen LogP contribution in [0.2, 0.25) is 0 Å². The van der Waals surface area contributed by atoms with Crippen molar-refractivity contribution < 1.29 is 12.8 Å². The molecule has 5 nitrogen and oxygen atoms in total. The molecular formula is C23H25FN2O3S. The fourth-order valence-electron chi connectivity index (χ4n) is 4.15. The maximum atomic E-state index is 13.4. The minimum Gasteiger partial charge on any atom is -0.322 e. The molecule has 1 aliphatic carbocycles. The molecule has 4 rings (SSSR count). The Hall–Kier alpha value is -2.51. The van der Waals surface area contributed by atoms with E-state index in [9.17, 15) is 17.6 Å². The fourth-order valence-corrected chi connectivity index (χ4v) is 5.82. The summed E-state index contributed by atoms with van der Waals surface area (Å²) in [5.41, 5.74) is 3.04. The Balaban J connectivity index is 1.77. The van der Waals surface area contributed by atoms with Crippen molar-refractivity contribution in [1.82, 2.24) is 9.29 Å². The normalized spacial score (nSPS) is 15.3. The summed E-state index contributed by atoms with van der Waals surface area (Å²) >= 11 is 0. The van der Waals surface area contributed by atoms with Crippen molar-refractivity contribution in [3.8, 4) is 0 Å². The summed E-state index contributed by atoms with van der Waals surface area (Å²) in [6.07, 6.45) is 3.41. The molecule has 0 spiro atoms. The van der Waals surface area contributed by atoms with Gasteiger partial charge in [0, 0.05) is 23.7 Å². The Kier molecular flexibility index (Phi) is 5.51. The highest BCUT2D eigenvalue weighted by molar-refractivity contribution is 7.89. The second-order valence-corrected chi connectivity index (χ2v) is 9.98. The largest absolute Gasteiger partial charge is 0.322 e. The average Bonchev–Trinajstić information content (AvgIpc) is 3.22. The van der Waals surface area contributed by atoms with Crippen LogP contribution in [0.1, 0.15) is 42.4 Å². The number of hydrogen-bond acceptors (Lipinski definition) is 3. The topological polar surface area (TPSA) is 70.2 Å². The highest BCUT2D eigenvalue weighted by Gasteiger charge is 2.34. The quantitative estimate of drug-likeness (QED) is 0.654. The van der Waals surface area contributed by atoms with Crippen LogP contribution in [0.5, 0.6) is 0 Å². The lowest BCUT2D eigenvalue weighted by Crippen LogP contribution is -2.39. The van der Waals surface area contributed by atoms with E-state index >= 15 is 0 Å². The van der Waals surface area contributed by atoms with E-state index in [2.05, 4.69) is 4.98 Å². The van der Waals surface area contributed by atoms with E-state index in [1.165, 1.54) is 16.4 Å². The third-order valence-corrected chi connectivity index (χ3v) is 7.93. The summed E-state index contributed by atoms with van der Waals surface area (Å²) in [4.78, 5) is 15.7. The lowest BCUT2D eigenvalue weighted by Gasteiger charge is -2.28. The van der Waals surface area contributed by atoms with Gasteiger partial charge in [-0.1, -0.05) is 12.8 Å². The summed E-state index contributed by atoms with van der Waals surface area (Å²) in [5, 5.41) is 0.873. The van der Waals surface area contributed by atoms with Gasteiger partial charge in [0.15, 0.2) is 0 Å². The van der Waals surface area contributed by atoms with Gasteiger partial charge >= 0.3 is 0 Å². The van der Waals surface area contributed by atoms with Gasteiger partial charge in [-0.05, 0) is 85.7 Å². The molecular weight excluding hydrogens is 403 g/mol. The number of fused-ring (bicyclic) bond motifs is 1. The van der Waals surface area contributed by atoms with Crippen LogP contribution in [-0.4, -0.2) is 23.7 Å². The zero-order chi connectivity index (χ0) is 21.5. The van der Waals surface area contributed by atoms with Crippen molar-refractivity contribution in [3.05, 3.63) is 75.3 Å². The van der Waals surface area contributed by atoms with Gasteiger partial charge in [0.05, 0.1) is 4.90 Å². The number of hydrogen-bond donors (Lipinski definition) is 1. The first kappa shape index (κ1) is 20.8. The lowest BCUT2D eigenvalue weighted by molar-refractivity contribution is 0.315. The van der Waals surface area contributed by atoms with E-state index in [0.717, 1.165) is 59.8 Å². The molecule has 158 valence electrons. The lowest BCUT2D eigenvalue weighted by atomic mass is 10.0. The van der Waals surface area contributed by atoms with E-state index in [-0.39, 0.29) is 23.0 Å². The van der Waals surface area contributed by atoms with Gasteiger partial charge in [-0.15, -0.1) is 0 Å². The van der Waals surface area contributed by atoms with Crippen molar-refractivity contribution in [1.29, 1.82) is 0 Å². The van der Waals surface area contributed by atoms with Gasteiger partial charge in [-0.25, -0.2) is 12.8 Å². The Labute approximate surface area is 175 Å². The van der Waals surface area contributed by atoms with Gasteiger partial charge in [0.1, 0.15) is 5.82 Å². The first-order chi connectivity index (χ1) is 14.3. The average molecular weight is 429 g/mol. The van der Waals surface area contributed by atoms with Crippen molar-refractivity contribution >= 4 is 20.9 Å². The van der Waals surface area contributed by atoms with Crippen LogP contribution in [0, 0.1) is 19.7 Å². The van der Waals surface area contributed by atoms with Crippen LogP contribution in [-0.2, 0) is 16.6 Å². The zero-order valence-corrected chi connectivity index (χ0v) is 17.9. The maximum absolute atomic E-state index is 13.4. The molecule has 0 radical (unpaired) electrons. The summed E-state index contributed by atoms with van der Waals surface area (Å²) in [5.74, 6) is -0.488. The molecule has 0 saturated heterocycles. The van der Waals surface area contributed by atoms with Crippen LogP contribution in [0.4, 0.5) is 4.39 Å². The first-order valence-electron chi connectivity index (χ1n) is 10.2. The number of H-pyrrole nitrogens is 1. The van der Waals surface area contributed by atoms with Gasteiger partial charge in [0.25, 0.3) is 5.56 Å². The highest BCUT2D eigenvalue weighted by atomic mass is 32.2. The molecule has 0 unspecified atom stereocenters. The minimum atomic E-state index is -3.87. The standard InChI is InChI=1S/C23H25FN2O3S/c1-15-11-17-13-18(23(27)25-22(17)12-16(15)2)14-26(20-5-3-4-6-20)30(28,29)21-9-7-19(24)8-10-21/h7-13,20H,3-6,14H2,1-2H3,(H,25,27). The summed E-state index contributed by atoms with van der Waals surface area (Å²) in [6, 6.07) is 10.4. The molecule has 0 atom stereocenters. The van der Waals surface area contributed by atoms with Gasteiger partial charge in [0.2, 0.25) is 10.0 Å². The van der Waals surface area contributed by atoms with E-state index in [1.807, 2.05) is 26.0 Å². The van der Waals surface area contributed by atoms with Gasteiger partial charge in [-0.3, -0.25) is 4.79 Å². The molecule has 1 aromatic heterocycles. The number of benzene rings is 2. The zero-order valence-electron chi connectivity index (χ0n) is 17.1. The first-order valence-corrected chi connectivity index (χ1v) is 11.6. The molecule has 1 fully saturated rings. The number of nitrogens with one attached hydrogen (secondary N) is 1. The monoisotopic (exact) mass is 428 g/mol. The van der Waals surface area contributed by atoms with Gasteiger partial charge in [-0.2, -0.15) is 4.31 Å². The number of halogens is 1. The number of sulfonamides is 1. The Morgan fingerprint density at radius 2 is 1.67 bits per heavy atom. The molecule has 3 aromatic rings. The molecule has 0 bridgehead atoms.